The first kappa shape index (κ1) is 20.1. The summed E-state index contributed by atoms with van der Waals surface area (Å²) >= 11 is 0. The Morgan fingerprint density at radius 2 is 1.84 bits per heavy atom. The molecule has 25 heavy (non-hydrogen) atoms. The van der Waals surface area contributed by atoms with Crippen molar-refractivity contribution >= 4 is 17.9 Å². The maximum absolute atomic E-state index is 12.2. The third kappa shape index (κ3) is 7.02. The van der Waals surface area contributed by atoms with Crippen molar-refractivity contribution in [3.8, 4) is 11.5 Å². The molecule has 2 N–H and O–H groups in total. The van der Waals surface area contributed by atoms with Crippen LogP contribution in [0.4, 0.5) is 13.6 Å². The molecule has 0 aliphatic heterocycles. The summed E-state index contributed by atoms with van der Waals surface area (Å²) < 4.78 is 38.3. The quantitative estimate of drug-likeness (QED) is 0.718. The number of nitrogens with one attached hydrogen (secondary N) is 2. The fraction of sp³-hybridized carbons (Fsp3) is 0.400. The molecular formula is C15H18F2N2O6. The van der Waals surface area contributed by atoms with E-state index in [4.69, 9.17) is 9.47 Å². The summed E-state index contributed by atoms with van der Waals surface area (Å²) in [6.07, 6.45) is 0. The van der Waals surface area contributed by atoms with Gasteiger partial charge < -0.3 is 19.5 Å². The maximum atomic E-state index is 12.2. The molecule has 0 aliphatic carbocycles. The lowest BCUT2D eigenvalue weighted by atomic mass is 10.2. The van der Waals surface area contributed by atoms with E-state index < -0.39 is 31.1 Å². The van der Waals surface area contributed by atoms with Crippen molar-refractivity contribution < 1.29 is 37.4 Å². The van der Waals surface area contributed by atoms with Crippen LogP contribution in [-0.2, 0) is 9.53 Å². The Labute approximate surface area is 142 Å². The zero-order valence-corrected chi connectivity index (χ0v) is 13.8. The Morgan fingerprint density at radius 1 is 1.16 bits per heavy atom. The lowest BCUT2D eigenvalue weighted by Gasteiger charge is -2.11. The monoisotopic (exact) mass is 360 g/mol. The molecule has 0 atom stereocenters. The van der Waals surface area contributed by atoms with Gasteiger partial charge in [-0.15, -0.1) is 0 Å². The number of halogens is 2. The van der Waals surface area contributed by atoms with Gasteiger partial charge in [0.15, 0.2) is 18.1 Å². The summed E-state index contributed by atoms with van der Waals surface area (Å²) in [5.41, 5.74) is -0.0436. The summed E-state index contributed by atoms with van der Waals surface area (Å²) in [6.45, 7) is -0.327. The molecule has 0 unspecified atom stereocenters. The average Bonchev–Trinajstić information content (AvgIpc) is 2.51. The van der Waals surface area contributed by atoms with Gasteiger partial charge >= 0.3 is 18.6 Å². The van der Waals surface area contributed by atoms with Gasteiger partial charge in [-0.05, 0) is 32.0 Å². The number of alkyl halides is 2. The van der Waals surface area contributed by atoms with Gasteiger partial charge in [0, 0.05) is 6.04 Å². The highest BCUT2D eigenvalue weighted by Gasteiger charge is 2.16. The van der Waals surface area contributed by atoms with Crippen molar-refractivity contribution in [3.63, 3.8) is 0 Å². The van der Waals surface area contributed by atoms with Gasteiger partial charge in [-0.1, -0.05) is 0 Å². The van der Waals surface area contributed by atoms with E-state index in [0.717, 1.165) is 12.1 Å². The van der Waals surface area contributed by atoms with E-state index in [2.05, 4.69) is 10.1 Å². The Hall–Kier alpha value is -2.91. The number of imide groups is 1. The molecule has 1 aromatic rings. The molecule has 0 aromatic heterocycles. The molecule has 0 radical (unpaired) electrons. The van der Waals surface area contributed by atoms with Gasteiger partial charge in [0.1, 0.15) is 0 Å². The van der Waals surface area contributed by atoms with Crippen molar-refractivity contribution in [2.75, 3.05) is 13.7 Å². The number of hydrogen-bond donors (Lipinski definition) is 2. The largest absolute Gasteiger partial charge is 0.493 e. The van der Waals surface area contributed by atoms with E-state index >= 15 is 0 Å². The van der Waals surface area contributed by atoms with E-state index in [1.54, 1.807) is 13.8 Å². The molecule has 0 bridgehead atoms. The first-order chi connectivity index (χ1) is 11.7. The van der Waals surface area contributed by atoms with Crippen LogP contribution in [0.25, 0.3) is 0 Å². The third-order valence-electron chi connectivity index (χ3n) is 2.62. The van der Waals surface area contributed by atoms with Gasteiger partial charge in [0.2, 0.25) is 0 Å². The summed E-state index contributed by atoms with van der Waals surface area (Å²) in [4.78, 5) is 34.7. The van der Waals surface area contributed by atoms with Crippen molar-refractivity contribution in [2.24, 2.45) is 0 Å². The van der Waals surface area contributed by atoms with Crippen LogP contribution in [0.1, 0.15) is 24.2 Å². The standard InChI is InChI=1S/C15H18F2N2O6/c1-8(2)18-15(22)19-12(20)7-24-13(21)9-4-5-10(25-14(16)17)11(6-9)23-3/h4-6,8,14H,7H2,1-3H3,(H2,18,19,20,22). The zero-order valence-electron chi connectivity index (χ0n) is 13.8. The van der Waals surface area contributed by atoms with Crippen LogP contribution >= 0.6 is 0 Å². The molecule has 1 aromatic carbocycles. The maximum Gasteiger partial charge on any atom is 0.387 e. The summed E-state index contributed by atoms with van der Waals surface area (Å²) in [6, 6.07) is 2.52. The topological polar surface area (TPSA) is 103 Å². The first-order valence-electron chi connectivity index (χ1n) is 7.13. The number of rotatable bonds is 7. The number of carbonyl (C=O) groups is 3. The highest BCUT2D eigenvalue weighted by Crippen LogP contribution is 2.29. The SMILES string of the molecule is COc1cc(C(=O)OCC(=O)NC(=O)NC(C)C)ccc1OC(F)F. The predicted octanol–water partition coefficient (Wildman–Crippen LogP) is 1.69. The molecular weight excluding hydrogens is 342 g/mol. The Morgan fingerprint density at radius 3 is 2.40 bits per heavy atom. The second kappa shape index (κ2) is 9.40. The van der Waals surface area contributed by atoms with Gasteiger partial charge in [0.05, 0.1) is 12.7 Å². The summed E-state index contributed by atoms with van der Waals surface area (Å²) in [7, 11) is 1.21. The van der Waals surface area contributed by atoms with E-state index in [1.807, 2.05) is 5.32 Å². The van der Waals surface area contributed by atoms with E-state index in [0.29, 0.717) is 0 Å². The molecule has 0 heterocycles. The fourth-order valence-corrected chi connectivity index (χ4v) is 1.66. The lowest BCUT2D eigenvalue weighted by molar-refractivity contribution is -0.123. The fourth-order valence-electron chi connectivity index (χ4n) is 1.66. The van der Waals surface area contributed by atoms with Gasteiger partial charge in [-0.2, -0.15) is 8.78 Å². The number of amides is 3. The van der Waals surface area contributed by atoms with Crippen molar-refractivity contribution in [3.05, 3.63) is 23.8 Å². The molecule has 0 spiro atoms. The zero-order chi connectivity index (χ0) is 19.0. The molecule has 8 nitrogen and oxygen atoms in total. The number of benzene rings is 1. The minimum absolute atomic E-state index is 0.0436. The Kier molecular flexibility index (Phi) is 7.57. The highest BCUT2D eigenvalue weighted by molar-refractivity contribution is 5.97. The number of carbonyl (C=O) groups excluding carboxylic acids is 3. The van der Waals surface area contributed by atoms with E-state index in [9.17, 15) is 23.2 Å². The van der Waals surface area contributed by atoms with Crippen LogP contribution in [0.15, 0.2) is 18.2 Å². The average molecular weight is 360 g/mol. The van der Waals surface area contributed by atoms with Gasteiger partial charge in [-0.3, -0.25) is 10.1 Å². The van der Waals surface area contributed by atoms with Crippen LogP contribution in [0.5, 0.6) is 11.5 Å². The number of ether oxygens (including phenoxy) is 3. The second-order valence-electron chi connectivity index (χ2n) is 5.00. The molecule has 10 heteroatoms. The van der Waals surface area contributed by atoms with Crippen LogP contribution in [0.2, 0.25) is 0 Å². The van der Waals surface area contributed by atoms with Crippen LogP contribution in [-0.4, -0.2) is 44.3 Å². The van der Waals surface area contributed by atoms with Crippen LogP contribution < -0.4 is 20.1 Å². The summed E-state index contributed by atoms with van der Waals surface area (Å²) in [5.74, 6) is -2.08. The van der Waals surface area contributed by atoms with Crippen molar-refractivity contribution in [2.45, 2.75) is 26.5 Å². The molecule has 138 valence electrons. The number of methoxy groups -OCH3 is 1. The van der Waals surface area contributed by atoms with E-state index in [1.165, 1.54) is 13.2 Å². The van der Waals surface area contributed by atoms with Crippen molar-refractivity contribution in [1.29, 1.82) is 0 Å². The second-order valence-corrected chi connectivity index (χ2v) is 5.00. The predicted molar refractivity (Wildman–Crippen MR) is 81.7 cm³/mol. The van der Waals surface area contributed by atoms with E-state index in [-0.39, 0.29) is 23.1 Å². The Bertz CT molecular complexity index is 636. The molecule has 1 rings (SSSR count). The minimum atomic E-state index is -3.05. The normalized spacial score (nSPS) is 10.4. The van der Waals surface area contributed by atoms with Crippen LogP contribution in [0, 0.1) is 0 Å². The molecule has 3 amide bonds. The van der Waals surface area contributed by atoms with Gasteiger partial charge in [-0.25, -0.2) is 9.59 Å². The third-order valence-corrected chi connectivity index (χ3v) is 2.62. The summed E-state index contributed by atoms with van der Waals surface area (Å²) in [5, 5.41) is 4.40. The lowest BCUT2D eigenvalue weighted by Crippen LogP contribution is -2.44. The molecule has 0 saturated heterocycles. The Balaban J connectivity index is 2.62. The number of urea groups is 1. The van der Waals surface area contributed by atoms with Crippen LogP contribution in [0.3, 0.4) is 0 Å². The molecule has 0 fully saturated rings. The first-order valence-corrected chi connectivity index (χ1v) is 7.13. The highest BCUT2D eigenvalue weighted by atomic mass is 19.3. The smallest absolute Gasteiger partial charge is 0.387 e. The minimum Gasteiger partial charge on any atom is -0.493 e. The van der Waals surface area contributed by atoms with Crippen molar-refractivity contribution in [1.82, 2.24) is 10.6 Å². The number of hydrogen-bond acceptors (Lipinski definition) is 6. The van der Waals surface area contributed by atoms with Gasteiger partial charge in [0.25, 0.3) is 5.91 Å². The molecule has 0 aliphatic rings. The number of esters is 1. The molecule has 0 saturated carbocycles.